The molecular weight excluding hydrogens is 374 g/mol. The topological polar surface area (TPSA) is 72.7 Å². The lowest BCUT2D eigenvalue weighted by molar-refractivity contribution is 0.0528. The summed E-state index contributed by atoms with van der Waals surface area (Å²) in [6, 6.07) is 5.14. The van der Waals surface area contributed by atoms with Crippen molar-refractivity contribution in [2.24, 2.45) is 0 Å². The Hall–Kier alpha value is -2.38. The zero-order valence-corrected chi connectivity index (χ0v) is 16.2. The summed E-state index contributed by atoms with van der Waals surface area (Å²) >= 11 is 7.36. The van der Waals surface area contributed by atoms with Crippen LogP contribution in [0.15, 0.2) is 24.4 Å². The first-order valence-electron chi connectivity index (χ1n) is 8.20. The third kappa shape index (κ3) is 3.45. The van der Waals surface area contributed by atoms with Crippen molar-refractivity contribution in [3.63, 3.8) is 0 Å². The number of esters is 1. The number of ether oxygens (including phenoxy) is 1. The van der Waals surface area contributed by atoms with Crippen molar-refractivity contribution in [3.8, 4) is 0 Å². The lowest BCUT2D eigenvalue weighted by Gasteiger charge is -2.07. The summed E-state index contributed by atoms with van der Waals surface area (Å²) in [4.78, 5) is 30.4. The molecule has 0 unspecified atom stereocenters. The van der Waals surface area contributed by atoms with Gasteiger partial charge < -0.3 is 10.1 Å². The third-order valence-electron chi connectivity index (χ3n) is 3.83. The van der Waals surface area contributed by atoms with Gasteiger partial charge in [0.1, 0.15) is 16.3 Å². The van der Waals surface area contributed by atoms with Crippen LogP contribution in [-0.2, 0) is 11.2 Å². The van der Waals surface area contributed by atoms with Crippen molar-refractivity contribution in [3.05, 3.63) is 51.2 Å². The number of carbonyl (C=O) groups is 2. The average molecular weight is 392 g/mol. The van der Waals surface area contributed by atoms with Crippen LogP contribution in [0.3, 0.4) is 0 Å². The molecule has 0 saturated carbocycles. The molecule has 0 aliphatic rings. The summed E-state index contributed by atoms with van der Waals surface area (Å²) in [6.07, 6.45) is 2.46. The molecule has 0 aliphatic carbocycles. The molecule has 3 heterocycles. The van der Waals surface area contributed by atoms with E-state index in [2.05, 4.69) is 10.3 Å². The number of carbonyl (C=O) groups excluding carboxylic acids is 2. The Kier molecular flexibility index (Phi) is 5.29. The van der Waals surface area contributed by atoms with Gasteiger partial charge in [-0.1, -0.05) is 18.5 Å². The number of thiophene rings is 1. The van der Waals surface area contributed by atoms with Crippen molar-refractivity contribution < 1.29 is 14.3 Å². The van der Waals surface area contributed by atoms with Crippen LogP contribution >= 0.6 is 22.9 Å². The van der Waals surface area contributed by atoms with E-state index in [1.165, 1.54) is 11.3 Å². The number of hydrogen-bond donors (Lipinski definition) is 1. The maximum atomic E-state index is 12.9. The predicted octanol–water partition coefficient (Wildman–Crippen LogP) is 4.35. The first kappa shape index (κ1) is 18.4. The molecule has 8 heteroatoms. The fourth-order valence-corrected chi connectivity index (χ4v) is 3.78. The first-order valence-corrected chi connectivity index (χ1v) is 9.39. The van der Waals surface area contributed by atoms with E-state index in [0.717, 1.165) is 11.3 Å². The van der Waals surface area contributed by atoms with E-state index in [-0.39, 0.29) is 12.5 Å². The monoisotopic (exact) mass is 391 g/mol. The average Bonchev–Trinajstić information content (AvgIpc) is 3.14. The van der Waals surface area contributed by atoms with E-state index >= 15 is 0 Å². The molecule has 0 saturated heterocycles. The molecule has 3 aromatic rings. The van der Waals surface area contributed by atoms with Crippen molar-refractivity contribution in [1.29, 1.82) is 0 Å². The van der Waals surface area contributed by atoms with Gasteiger partial charge in [-0.3, -0.25) is 9.20 Å². The first-order chi connectivity index (χ1) is 12.4. The van der Waals surface area contributed by atoms with E-state index in [4.69, 9.17) is 16.3 Å². The molecule has 0 radical (unpaired) electrons. The highest BCUT2D eigenvalue weighted by Gasteiger charge is 2.22. The van der Waals surface area contributed by atoms with Gasteiger partial charge in [0.25, 0.3) is 5.91 Å². The summed E-state index contributed by atoms with van der Waals surface area (Å²) < 4.78 is 6.77. The minimum Gasteiger partial charge on any atom is -0.462 e. The zero-order chi connectivity index (χ0) is 18.8. The standard InChI is InChI=1S/C18H18ClN3O3S/c1-4-12-9-13(18(24)25-5-2)17(26-12)21-16(23)15-10(3)20-14-8-11(19)6-7-22(14)15/h6-9H,4-5H2,1-3H3,(H,21,23). The van der Waals surface area contributed by atoms with E-state index in [1.54, 1.807) is 42.6 Å². The second-order valence-corrected chi connectivity index (χ2v) is 7.18. The van der Waals surface area contributed by atoms with E-state index in [9.17, 15) is 9.59 Å². The SMILES string of the molecule is CCOC(=O)c1cc(CC)sc1NC(=O)c1c(C)nc2cc(Cl)ccn12. The van der Waals surface area contributed by atoms with Crippen molar-refractivity contribution in [2.45, 2.75) is 27.2 Å². The van der Waals surface area contributed by atoms with Gasteiger partial charge in [-0.05, 0) is 32.4 Å². The molecule has 0 aromatic carbocycles. The molecule has 3 aromatic heterocycles. The normalized spacial score (nSPS) is 10.9. The summed E-state index contributed by atoms with van der Waals surface area (Å²) in [7, 11) is 0. The van der Waals surface area contributed by atoms with Crippen molar-refractivity contribution in [1.82, 2.24) is 9.38 Å². The molecule has 6 nitrogen and oxygen atoms in total. The Labute approximate surface area is 159 Å². The molecule has 136 valence electrons. The number of nitrogens with one attached hydrogen (secondary N) is 1. The van der Waals surface area contributed by atoms with Crippen molar-refractivity contribution >= 4 is 45.5 Å². The molecule has 1 N–H and O–H groups in total. The lowest BCUT2D eigenvalue weighted by atomic mass is 10.2. The van der Waals surface area contributed by atoms with Crippen LogP contribution in [0.5, 0.6) is 0 Å². The summed E-state index contributed by atoms with van der Waals surface area (Å²) in [5.74, 6) is -0.784. The number of aryl methyl sites for hydroxylation is 2. The number of halogens is 1. The molecule has 1 amide bonds. The van der Waals surface area contributed by atoms with Crippen LogP contribution < -0.4 is 5.32 Å². The second-order valence-electron chi connectivity index (χ2n) is 5.60. The molecule has 0 bridgehead atoms. The highest BCUT2D eigenvalue weighted by Crippen LogP contribution is 2.30. The smallest absolute Gasteiger partial charge is 0.341 e. The molecule has 0 fully saturated rings. The van der Waals surface area contributed by atoms with E-state index in [1.807, 2.05) is 6.92 Å². The minimum atomic E-state index is -0.444. The minimum absolute atomic E-state index is 0.274. The number of pyridine rings is 1. The highest BCUT2D eigenvalue weighted by molar-refractivity contribution is 7.16. The Morgan fingerprint density at radius 2 is 2.12 bits per heavy atom. The second kappa shape index (κ2) is 7.47. The van der Waals surface area contributed by atoms with Gasteiger partial charge in [0.05, 0.1) is 17.9 Å². The van der Waals surface area contributed by atoms with E-state index in [0.29, 0.717) is 32.6 Å². The Morgan fingerprint density at radius 1 is 1.35 bits per heavy atom. The Bertz CT molecular complexity index is 993. The van der Waals surface area contributed by atoms with Gasteiger partial charge in [0.15, 0.2) is 0 Å². The predicted molar refractivity (Wildman–Crippen MR) is 103 cm³/mol. The Balaban J connectivity index is 1.97. The lowest BCUT2D eigenvalue weighted by Crippen LogP contribution is -2.17. The van der Waals surface area contributed by atoms with Gasteiger partial charge in [-0.2, -0.15) is 0 Å². The van der Waals surface area contributed by atoms with Crippen LogP contribution in [0.2, 0.25) is 5.02 Å². The molecule has 26 heavy (non-hydrogen) atoms. The van der Waals surface area contributed by atoms with E-state index < -0.39 is 5.97 Å². The summed E-state index contributed by atoms with van der Waals surface area (Å²) in [5.41, 5.74) is 1.94. The Morgan fingerprint density at radius 3 is 2.81 bits per heavy atom. The van der Waals surface area contributed by atoms with Gasteiger partial charge in [-0.15, -0.1) is 11.3 Å². The fraction of sp³-hybridized carbons (Fsp3) is 0.278. The number of nitrogens with zero attached hydrogens (tertiary/aromatic N) is 2. The molecular formula is C18H18ClN3O3S. The van der Waals surface area contributed by atoms with Gasteiger partial charge in [0.2, 0.25) is 0 Å². The van der Waals surface area contributed by atoms with Crippen LogP contribution in [0.1, 0.15) is 45.3 Å². The number of rotatable bonds is 5. The molecule has 3 rings (SSSR count). The van der Waals surface area contributed by atoms with Gasteiger partial charge >= 0.3 is 5.97 Å². The number of aromatic nitrogens is 2. The zero-order valence-electron chi connectivity index (χ0n) is 14.6. The van der Waals surface area contributed by atoms with Crippen LogP contribution in [0, 0.1) is 6.92 Å². The number of imidazole rings is 1. The number of anilines is 1. The summed E-state index contributed by atoms with van der Waals surface area (Å²) in [6.45, 7) is 5.77. The summed E-state index contributed by atoms with van der Waals surface area (Å²) in [5, 5.41) is 3.87. The van der Waals surface area contributed by atoms with Gasteiger partial charge in [0, 0.05) is 22.2 Å². The largest absolute Gasteiger partial charge is 0.462 e. The number of hydrogen-bond acceptors (Lipinski definition) is 5. The fourth-order valence-electron chi connectivity index (χ4n) is 2.64. The quantitative estimate of drug-likeness (QED) is 0.656. The van der Waals surface area contributed by atoms with Crippen LogP contribution in [0.4, 0.5) is 5.00 Å². The maximum absolute atomic E-state index is 12.9. The highest BCUT2D eigenvalue weighted by atomic mass is 35.5. The molecule has 0 spiro atoms. The maximum Gasteiger partial charge on any atom is 0.341 e. The number of fused-ring (bicyclic) bond motifs is 1. The number of amides is 1. The van der Waals surface area contributed by atoms with Crippen LogP contribution in [0.25, 0.3) is 5.65 Å². The third-order valence-corrected chi connectivity index (χ3v) is 5.26. The van der Waals surface area contributed by atoms with Gasteiger partial charge in [-0.25, -0.2) is 9.78 Å². The molecule has 0 aliphatic heterocycles. The molecule has 0 atom stereocenters. The van der Waals surface area contributed by atoms with Crippen molar-refractivity contribution in [2.75, 3.05) is 11.9 Å². The van der Waals surface area contributed by atoms with Crippen LogP contribution in [-0.4, -0.2) is 27.9 Å².